The molecular weight excluding hydrogens is 300 g/mol. The maximum absolute atomic E-state index is 5.91. The highest BCUT2D eigenvalue weighted by Gasteiger charge is 2.17. The molecule has 0 aromatic carbocycles. The zero-order chi connectivity index (χ0) is 16.6. The summed E-state index contributed by atoms with van der Waals surface area (Å²) in [4.78, 5) is 9.13. The average Bonchev–Trinajstić information content (AvgIpc) is 3.28. The third-order valence-electron chi connectivity index (χ3n) is 4.85. The molecule has 0 saturated heterocycles. The van der Waals surface area contributed by atoms with Crippen LogP contribution in [0, 0.1) is 0 Å². The van der Waals surface area contributed by atoms with E-state index in [1.165, 1.54) is 38.5 Å². The molecule has 1 aromatic rings. The van der Waals surface area contributed by atoms with Crippen LogP contribution in [0.2, 0.25) is 0 Å². The topological polar surface area (TPSA) is 58.5 Å². The lowest BCUT2D eigenvalue weighted by atomic mass is 10.2. The number of hydrogen-bond acceptors (Lipinski definition) is 3. The van der Waals surface area contributed by atoms with E-state index in [1.54, 1.807) is 0 Å². The second-order valence-electron chi connectivity index (χ2n) is 6.85. The number of rotatable bonds is 6. The Hall–Kier alpha value is -1.78. The molecule has 2 aliphatic carbocycles. The minimum absolute atomic E-state index is 0.359. The molecule has 0 radical (unpaired) electrons. The van der Waals surface area contributed by atoms with Crippen LogP contribution in [-0.4, -0.2) is 29.6 Å². The fourth-order valence-electron chi connectivity index (χ4n) is 3.50. The van der Waals surface area contributed by atoms with Gasteiger partial charge in [-0.15, -0.1) is 0 Å². The van der Waals surface area contributed by atoms with Crippen molar-refractivity contribution in [2.24, 2.45) is 4.99 Å². The van der Waals surface area contributed by atoms with Crippen molar-refractivity contribution in [3.8, 4) is 5.88 Å². The molecule has 2 fully saturated rings. The molecule has 0 unspecified atom stereocenters. The Morgan fingerprint density at radius 1 is 1.17 bits per heavy atom. The number of guanidine groups is 1. The smallest absolute Gasteiger partial charge is 0.213 e. The second kappa shape index (κ2) is 8.90. The SMILES string of the molecule is CCNC(=NCc1ccc(OC2CCCC2)nc1)NC1CCCC1. The number of pyridine rings is 1. The first kappa shape index (κ1) is 17.1. The van der Waals surface area contributed by atoms with E-state index in [0.717, 1.165) is 36.8 Å². The molecule has 1 aromatic heterocycles. The molecule has 0 bridgehead atoms. The number of aliphatic imine (C=N–C) groups is 1. The average molecular weight is 330 g/mol. The number of nitrogens with one attached hydrogen (secondary N) is 2. The lowest BCUT2D eigenvalue weighted by molar-refractivity contribution is 0.201. The number of hydrogen-bond donors (Lipinski definition) is 2. The lowest BCUT2D eigenvalue weighted by Crippen LogP contribution is -2.42. The van der Waals surface area contributed by atoms with Gasteiger partial charge in [-0.3, -0.25) is 0 Å². The van der Waals surface area contributed by atoms with E-state index < -0.39 is 0 Å². The van der Waals surface area contributed by atoms with Gasteiger partial charge in [0, 0.05) is 24.8 Å². The van der Waals surface area contributed by atoms with Crippen LogP contribution in [0.3, 0.4) is 0 Å². The number of aromatic nitrogens is 1. The molecule has 24 heavy (non-hydrogen) atoms. The van der Waals surface area contributed by atoms with Gasteiger partial charge in [0.2, 0.25) is 5.88 Å². The first-order chi connectivity index (χ1) is 11.8. The molecule has 0 amide bonds. The second-order valence-corrected chi connectivity index (χ2v) is 6.85. The predicted octanol–water partition coefficient (Wildman–Crippen LogP) is 3.40. The summed E-state index contributed by atoms with van der Waals surface area (Å²) in [7, 11) is 0. The molecule has 1 heterocycles. The quantitative estimate of drug-likeness (QED) is 0.620. The van der Waals surface area contributed by atoms with Crippen LogP contribution < -0.4 is 15.4 Å². The Labute approximate surface area is 145 Å². The van der Waals surface area contributed by atoms with Crippen molar-refractivity contribution in [2.75, 3.05) is 6.54 Å². The van der Waals surface area contributed by atoms with Gasteiger partial charge in [0.05, 0.1) is 6.54 Å². The van der Waals surface area contributed by atoms with Gasteiger partial charge < -0.3 is 15.4 Å². The molecule has 2 saturated carbocycles. The van der Waals surface area contributed by atoms with Crippen molar-refractivity contribution in [1.29, 1.82) is 0 Å². The maximum atomic E-state index is 5.91. The zero-order valence-corrected chi connectivity index (χ0v) is 14.8. The van der Waals surface area contributed by atoms with Crippen LogP contribution in [0.4, 0.5) is 0 Å². The minimum Gasteiger partial charge on any atom is -0.474 e. The Morgan fingerprint density at radius 3 is 2.58 bits per heavy atom. The first-order valence-corrected chi connectivity index (χ1v) is 9.50. The summed E-state index contributed by atoms with van der Waals surface area (Å²) in [5.41, 5.74) is 1.11. The van der Waals surface area contributed by atoms with Gasteiger partial charge in [-0.2, -0.15) is 0 Å². The summed E-state index contributed by atoms with van der Waals surface area (Å²) in [6.07, 6.45) is 12.3. The molecular formula is C19H30N4O. The molecule has 5 nitrogen and oxygen atoms in total. The van der Waals surface area contributed by atoms with Crippen molar-refractivity contribution in [3.05, 3.63) is 23.9 Å². The van der Waals surface area contributed by atoms with Gasteiger partial charge in [0.25, 0.3) is 0 Å². The standard InChI is InChI=1S/C19H30N4O/c1-2-20-19(23-16-7-3-4-8-16)22-14-15-11-12-18(21-13-15)24-17-9-5-6-10-17/h11-13,16-17H,2-10,14H2,1H3,(H2,20,22,23). The molecule has 0 atom stereocenters. The predicted molar refractivity (Wildman–Crippen MR) is 97.3 cm³/mol. The minimum atomic E-state index is 0.359. The highest BCUT2D eigenvalue weighted by molar-refractivity contribution is 5.80. The van der Waals surface area contributed by atoms with Crippen molar-refractivity contribution in [2.45, 2.75) is 77.0 Å². The first-order valence-electron chi connectivity index (χ1n) is 9.50. The van der Waals surface area contributed by atoms with E-state index in [0.29, 0.717) is 18.7 Å². The van der Waals surface area contributed by atoms with Crippen molar-refractivity contribution in [3.63, 3.8) is 0 Å². The molecule has 5 heteroatoms. The van der Waals surface area contributed by atoms with Crippen molar-refractivity contribution >= 4 is 5.96 Å². The third kappa shape index (κ3) is 5.11. The summed E-state index contributed by atoms with van der Waals surface area (Å²) in [6.45, 7) is 3.62. The van der Waals surface area contributed by atoms with Crippen LogP contribution in [-0.2, 0) is 6.54 Å². The molecule has 2 aliphatic rings. The van der Waals surface area contributed by atoms with E-state index in [-0.39, 0.29) is 0 Å². The fraction of sp³-hybridized carbons (Fsp3) is 0.684. The number of ether oxygens (including phenoxy) is 1. The Morgan fingerprint density at radius 2 is 1.92 bits per heavy atom. The monoisotopic (exact) mass is 330 g/mol. The summed E-state index contributed by atoms with van der Waals surface area (Å²) in [5.74, 6) is 1.65. The molecule has 2 N–H and O–H groups in total. The Balaban J connectivity index is 1.52. The lowest BCUT2D eigenvalue weighted by Gasteiger charge is -2.16. The van der Waals surface area contributed by atoms with Crippen molar-refractivity contribution < 1.29 is 4.74 Å². The van der Waals surface area contributed by atoms with Crippen LogP contribution in [0.15, 0.2) is 23.3 Å². The molecule has 0 aliphatic heterocycles. The largest absolute Gasteiger partial charge is 0.474 e. The van der Waals surface area contributed by atoms with Gasteiger partial charge in [0.15, 0.2) is 5.96 Å². The molecule has 0 spiro atoms. The van der Waals surface area contributed by atoms with E-state index in [9.17, 15) is 0 Å². The van der Waals surface area contributed by atoms with E-state index in [1.807, 2.05) is 12.3 Å². The van der Waals surface area contributed by atoms with Crippen LogP contribution in [0.5, 0.6) is 5.88 Å². The fourth-order valence-corrected chi connectivity index (χ4v) is 3.50. The van der Waals surface area contributed by atoms with Crippen molar-refractivity contribution in [1.82, 2.24) is 15.6 Å². The van der Waals surface area contributed by atoms with Gasteiger partial charge in [0.1, 0.15) is 6.10 Å². The molecule has 3 rings (SSSR count). The summed E-state index contributed by atoms with van der Waals surface area (Å²) in [5, 5.41) is 6.87. The Bertz CT molecular complexity index is 517. The van der Waals surface area contributed by atoms with Crippen LogP contribution in [0.1, 0.15) is 63.9 Å². The molecule has 132 valence electrons. The van der Waals surface area contributed by atoms with Gasteiger partial charge in [-0.1, -0.05) is 18.9 Å². The normalized spacial score (nSPS) is 19.6. The van der Waals surface area contributed by atoms with Crippen LogP contribution >= 0.6 is 0 Å². The van der Waals surface area contributed by atoms with Crippen LogP contribution in [0.25, 0.3) is 0 Å². The van der Waals surface area contributed by atoms with Gasteiger partial charge >= 0.3 is 0 Å². The van der Waals surface area contributed by atoms with Gasteiger partial charge in [-0.05, 0) is 51.0 Å². The highest BCUT2D eigenvalue weighted by atomic mass is 16.5. The van der Waals surface area contributed by atoms with E-state index in [2.05, 4.69) is 28.6 Å². The number of nitrogens with zero attached hydrogens (tertiary/aromatic N) is 2. The summed E-state index contributed by atoms with van der Waals surface area (Å²) in [6, 6.07) is 4.61. The van der Waals surface area contributed by atoms with E-state index in [4.69, 9.17) is 9.73 Å². The summed E-state index contributed by atoms with van der Waals surface area (Å²) >= 11 is 0. The van der Waals surface area contributed by atoms with E-state index >= 15 is 0 Å². The zero-order valence-electron chi connectivity index (χ0n) is 14.8. The Kier molecular flexibility index (Phi) is 6.33. The highest BCUT2D eigenvalue weighted by Crippen LogP contribution is 2.23. The van der Waals surface area contributed by atoms with Gasteiger partial charge in [-0.25, -0.2) is 9.98 Å². The summed E-state index contributed by atoms with van der Waals surface area (Å²) < 4.78 is 5.91. The third-order valence-corrected chi connectivity index (χ3v) is 4.85. The maximum Gasteiger partial charge on any atom is 0.213 e.